The van der Waals surface area contributed by atoms with Crippen LogP contribution in [-0.4, -0.2) is 34.0 Å². The van der Waals surface area contributed by atoms with Crippen LogP contribution in [-0.2, 0) is 16.0 Å². The maximum absolute atomic E-state index is 13.4. The first-order chi connectivity index (χ1) is 9.43. The number of nitrogens with one attached hydrogen (secondary N) is 1. The molecule has 4 nitrogen and oxygen atoms in total. The zero-order chi connectivity index (χ0) is 14.8. The molecule has 1 heterocycles. The fourth-order valence-corrected chi connectivity index (χ4v) is 3.60. The van der Waals surface area contributed by atoms with Crippen molar-refractivity contribution >= 4 is 39.6 Å². The van der Waals surface area contributed by atoms with E-state index in [0.717, 1.165) is 0 Å². The third kappa shape index (κ3) is 3.32. The van der Waals surface area contributed by atoms with E-state index in [0.29, 0.717) is 28.0 Å². The number of hydrogen-bond acceptors (Lipinski definition) is 3. The summed E-state index contributed by atoms with van der Waals surface area (Å²) in [6.07, 6.45) is 0.372. The normalized spacial score (nSPS) is 21.7. The molecule has 2 rings (SSSR count). The van der Waals surface area contributed by atoms with E-state index in [1.54, 1.807) is 6.07 Å². The fraction of sp³-hybridized carbons (Fsp3) is 0.385. The molecule has 0 aliphatic carbocycles. The van der Waals surface area contributed by atoms with Crippen molar-refractivity contribution in [1.82, 2.24) is 5.32 Å². The summed E-state index contributed by atoms with van der Waals surface area (Å²) in [6.45, 7) is 0. The van der Waals surface area contributed by atoms with Crippen molar-refractivity contribution in [2.24, 2.45) is 0 Å². The number of hydrogen-bond donors (Lipinski definition) is 2. The van der Waals surface area contributed by atoms with Crippen LogP contribution in [0.15, 0.2) is 22.7 Å². The number of halogens is 2. The van der Waals surface area contributed by atoms with E-state index in [9.17, 15) is 19.1 Å². The third-order valence-electron chi connectivity index (χ3n) is 3.16. The molecule has 0 saturated carbocycles. The molecule has 1 fully saturated rings. The Bertz CT molecular complexity index is 546. The summed E-state index contributed by atoms with van der Waals surface area (Å²) in [7, 11) is 0. The Balaban J connectivity index is 2.04. The average Bonchev–Trinajstić information content (AvgIpc) is 2.83. The number of aliphatic carboxylic acids is 1. The van der Waals surface area contributed by atoms with Crippen molar-refractivity contribution in [3.63, 3.8) is 0 Å². The molecule has 1 unspecified atom stereocenters. The van der Waals surface area contributed by atoms with Gasteiger partial charge < -0.3 is 10.4 Å². The van der Waals surface area contributed by atoms with Crippen LogP contribution < -0.4 is 5.32 Å². The Hall–Kier alpha value is -1.08. The summed E-state index contributed by atoms with van der Waals surface area (Å²) in [4.78, 5) is 23.3. The van der Waals surface area contributed by atoms with Crippen LogP contribution in [0.2, 0.25) is 0 Å². The number of thioether (sulfide) groups is 1. The highest BCUT2D eigenvalue weighted by Crippen LogP contribution is 2.28. The molecule has 1 atom stereocenters. The van der Waals surface area contributed by atoms with Gasteiger partial charge >= 0.3 is 5.97 Å². The van der Waals surface area contributed by atoms with Gasteiger partial charge in [0.05, 0.1) is 10.9 Å². The first kappa shape index (κ1) is 15.3. The molecule has 1 aromatic rings. The quantitative estimate of drug-likeness (QED) is 0.862. The molecule has 0 aromatic heterocycles. The monoisotopic (exact) mass is 361 g/mol. The van der Waals surface area contributed by atoms with Gasteiger partial charge in [-0.25, -0.2) is 9.18 Å². The largest absolute Gasteiger partial charge is 0.479 e. The molecular formula is C13H13BrFNO3S. The topological polar surface area (TPSA) is 66.4 Å². The average molecular weight is 362 g/mol. The molecule has 1 aliphatic heterocycles. The van der Waals surface area contributed by atoms with Crippen LogP contribution in [0.4, 0.5) is 4.39 Å². The molecule has 108 valence electrons. The second-order valence-corrected chi connectivity index (χ2v) is 6.62. The minimum absolute atomic E-state index is 0.0378. The minimum Gasteiger partial charge on any atom is -0.479 e. The first-order valence-corrected chi connectivity index (χ1v) is 7.94. The van der Waals surface area contributed by atoms with Gasteiger partial charge in [0.2, 0.25) is 5.91 Å². The highest BCUT2D eigenvalue weighted by Gasteiger charge is 2.43. The predicted octanol–water partition coefficient (Wildman–Crippen LogP) is 2.21. The molecule has 20 heavy (non-hydrogen) atoms. The van der Waals surface area contributed by atoms with E-state index in [4.69, 9.17) is 0 Å². The van der Waals surface area contributed by atoms with E-state index in [1.165, 1.54) is 23.9 Å². The highest BCUT2D eigenvalue weighted by atomic mass is 79.9. The lowest BCUT2D eigenvalue weighted by Crippen LogP contribution is -2.55. The van der Waals surface area contributed by atoms with Gasteiger partial charge in [-0.1, -0.05) is 6.07 Å². The Labute approximate surface area is 128 Å². The Morgan fingerprint density at radius 2 is 2.25 bits per heavy atom. The van der Waals surface area contributed by atoms with Gasteiger partial charge in [-0.2, -0.15) is 11.8 Å². The van der Waals surface area contributed by atoms with Crippen molar-refractivity contribution in [3.8, 4) is 0 Å². The molecule has 0 bridgehead atoms. The van der Waals surface area contributed by atoms with Crippen LogP contribution in [0.1, 0.15) is 12.0 Å². The maximum Gasteiger partial charge on any atom is 0.330 e. The third-order valence-corrected chi connectivity index (χ3v) is 4.99. The van der Waals surface area contributed by atoms with Gasteiger partial charge in [0.1, 0.15) is 11.4 Å². The first-order valence-electron chi connectivity index (χ1n) is 5.99. The van der Waals surface area contributed by atoms with Crippen LogP contribution in [0.25, 0.3) is 0 Å². The van der Waals surface area contributed by atoms with E-state index < -0.39 is 23.2 Å². The number of carbonyl (C=O) groups excluding carboxylic acids is 1. The SMILES string of the molecule is O=C(Cc1ccc(Br)c(F)c1)NC1(C(=O)O)CCSC1. The van der Waals surface area contributed by atoms with Crippen molar-refractivity contribution in [2.45, 2.75) is 18.4 Å². The number of carboxylic acids is 1. The molecule has 1 aliphatic rings. The number of carboxylic acid groups (broad SMARTS) is 1. The lowest BCUT2D eigenvalue weighted by Gasteiger charge is -2.24. The molecular weight excluding hydrogens is 349 g/mol. The number of benzene rings is 1. The van der Waals surface area contributed by atoms with Gasteiger partial charge in [0.25, 0.3) is 0 Å². The van der Waals surface area contributed by atoms with Gasteiger partial charge in [-0.3, -0.25) is 4.79 Å². The Morgan fingerprint density at radius 1 is 1.50 bits per heavy atom. The van der Waals surface area contributed by atoms with E-state index in [2.05, 4.69) is 21.2 Å². The molecule has 0 spiro atoms. The van der Waals surface area contributed by atoms with Gasteiger partial charge in [-0.15, -0.1) is 0 Å². The molecule has 2 N–H and O–H groups in total. The Kier molecular flexibility index (Phi) is 4.70. The van der Waals surface area contributed by atoms with Gasteiger partial charge in [0.15, 0.2) is 0 Å². The van der Waals surface area contributed by atoms with Gasteiger partial charge in [0, 0.05) is 5.75 Å². The summed E-state index contributed by atoms with van der Waals surface area (Å²) in [5.41, 5.74) is -0.676. The number of amides is 1. The van der Waals surface area contributed by atoms with Crippen molar-refractivity contribution in [3.05, 3.63) is 34.1 Å². The summed E-state index contributed by atoms with van der Waals surface area (Å²) >= 11 is 4.54. The zero-order valence-corrected chi connectivity index (χ0v) is 12.9. The summed E-state index contributed by atoms with van der Waals surface area (Å²) in [5.74, 6) is -0.795. The lowest BCUT2D eigenvalue weighted by atomic mass is 9.98. The summed E-state index contributed by atoms with van der Waals surface area (Å²) < 4.78 is 13.7. The molecule has 1 saturated heterocycles. The van der Waals surface area contributed by atoms with Crippen molar-refractivity contribution in [1.29, 1.82) is 0 Å². The van der Waals surface area contributed by atoms with E-state index in [-0.39, 0.29) is 6.42 Å². The van der Waals surface area contributed by atoms with Crippen molar-refractivity contribution < 1.29 is 19.1 Å². The summed E-state index contributed by atoms with van der Waals surface area (Å²) in [6, 6.07) is 4.42. The lowest BCUT2D eigenvalue weighted by molar-refractivity contribution is -0.146. The second-order valence-electron chi connectivity index (χ2n) is 4.66. The summed E-state index contributed by atoms with van der Waals surface area (Å²) in [5, 5.41) is 11.8. The zero-order valence-electron chi connectivity index (χ0n) is 10.5. The molecule has 0 radical (unpaired) electrons. The highest BCUT2D eigenvalue weighted by molar-refractivity contribution is 9.10. The smallest absolute Gasteiger partial charge is 0.330 e. The van der Waals surface area contributed by atoms with Crippen molar-refractivity contribution in [2.75, 3.05) is 11.5 Å². The van der Waals surface area contributed by atoms with Crippen LogP contribution in [0.3, 0.4) is 0 Å². The molecule has 1 aromatic carbocycles. The number of rotatable bonds is 4. The van der Waals surface area contributed by atoms with E-state index >= 15 is 0 Å². The fourth-order valence-electron chi connectivity index (χ4n) is 2.03. The minimum atomic E-state index is -1.18. The molecule has 1 amide bonds. The maximum atomic E-state index is 13.4. The number of carbonyl (C=O) groups is 2. The van der Waals surface area contributed by atoms with E-state index in [1.807, 2.05) is 0 Å². The van der Waals surface area contributed by atoms with Gasteiger partial charge in [-0.05, 0) is 45.8 Å². The molecule has 7 heteroatoms. The van der Waals surface area contributed by atoms with Crippen LogP contribution in [0, 0.1) is 5.82 Å². The second kappa shape index (κ2) is 6.13. The standard InChI is InChI=1S/C13H13BrFNO3S/c14-9-2-1-8(5-10(9)15)6-11(17)16-13(12(18)19)3-4-20-7-13/h1-2,5H,3-4,6-7H2,(H,16,17)(H,18,19). The van der Waals surface area contributed by atoms with Crippen LogP contribution >= 0.6 is 27.7 Å². The predicted molar refractivity (Wildman–Crippen MR) is 78.3 cm³/mol. The Morgan fingerprint density at radius 3 is 2.80 bits per heavy atom. The van der Waals surface area contributed by atoms with Crippen LogP contribution in [0.5, 0.6) is 0 Å².